The summed E-state index contributed by atoms with van der Waals surface area (Å²) < 4.78 is 2.53. The Bertz CT molecular complexity index is 487. The average molecular weight is 419 g/mol. The van der Waals surface area contributed by atoms with E-state index in [1.165, 1.54) is 0 Å². The number of hydrogen-bond acceptors (Lipinski definition) is 1. The number of rotatable bonds is 2. The van der Waals surface area contributed by atoms with E-state index in [-0.39, 0.29) is 7.43 Å². The van der Waals surface area contributed by atoms with Crippen LogP contribution in [0.3, 0.4) is 0 Å². The van der Waals surface area contributed by atoms with E-state index in [1.54, 1.807) is 0 Å². The van der Waals surface area contributed by atoms with Gasteiger partial charge in [-0.1, -0.05) is 37.4 Å². The molecular weight excluding hydrogens is 393 g/mol. The Labute approximate surface area is 165 Å². The van der Waals surface area contributed by atoms with Gasteiger partial charge in [0.1, 0.15) is 8.24 Å². The van der Waals surface area contributed by atoms with E-state index < -0.39 is 25.3 Å². The van der Waals surface area contributed by atoms with Crippen molar-refractivity contribution in [3.05, 3.63) is 42.4 Å². The van der Waals surface area contributed by atoms with Gasteiger partial charge in [0, 0.05) is 5.92 Å². The first-order valence-electron chi connectivity index (χ1n) is 7.85. The molecule has 2 aliphatic carbocycles. The summed E-state index contributed by atoms with van der Waals surface area (Å²) in [5.41, 5.74) is 0.707. The monoisotopic (exact) mass is 418 g/mol. The molecule has 3 rings (SSSR count). The van der Waals surface area contributed by atoms with Crippen molar-refractivity contribution >= 4 is 26.8 Å². The third kappa shape index (κ3) is 4.99. The standard InChI is InChI=1S/C16H23N3Si.CH3.2ClH.Ti/c1-4-13-9-16(15-8-6-5-7-14(13)15)20(2,3)19-11-17-10-18-12-19;;;;/h1,5-8,13-16H,9-12H2,2-3H3;1H3;2*1H;/q-2;-1;;;+6/p-2/t13-,14?,15?,16?;;;;/m0..../s1. The van der Waals surface area contributed by atoms with Crippen LogP contribution in [0, 0.1) is 37.5 Å². The zero-order valence-corrected chi connectivity index (χ0v) is 18.7. The molecule has 1 saturated carbocycles. The number of fused-ring (bicyclic) bond motifs is 1. The van der Waals surface area contributed by atoms with Crippen LogP contribution in [0.4, 0.5) is 0 Å². The fourth-order valence-corrected chi connectivity index (χ4v) is 7.52. The second-order valence-electron chi connectivity index (χ2n) is 6.68. The first-order chi connectivity index (χ1) is 11.1. The van der Waals surface area contributed by atoms with Gasteiger partial charge in [-0.05, 0) is 23.8 Å². The van der Waals surface area contributed by atoms with Gasteiger partial charge < -0.3 is 22.6 Å². The molecule has 0 N–H and O–H groups in total. The Hall–Kier alpha value is 0.431. The van der Waals surface area contributed by atoms with Gasteiger partial charge in [0.25, 0.3) is 0 Å². The first kappa shape index (κ1) is 22.5. The minimum atomic E-state index is -1.57. The van der Waals surface area contributed by atoms with E-state index >= 15 is 0 Å². The molecule has 3 nitrogen and oxygen atoms in total. The van der Waals surface area contributed by atoms with Crippen LogP contribution in [-0.2, 0) is 17.0 Å². The summed E-state index contributed by atoms with van der Waals surface area (Å²) in [7, 11) is 8.21. The normalized spacial score (nSPS) is 32.3. The van der Waals surface area contributed by atoms with Crippen LogP contribution in [0.1, 0.15) is 6.42 Å². The molecule has 0 aromatic carbocycles. The molecular formula is C17H26Cl2N3SiTi+. The summed E-state index contributed by atoms with van der Waals surface area (Å²) in [6.45, 7) is 7.33. The molecule has 0 aromatic heterocycles. The van der Waals surface area contributed by atoms with Gasteiger partial charge in [-0.15, -0.1) is 25.7 Å². The van der Waals surface area contributed by atoms with Crippen molar-refractivity contribution in [3.63, 3.8) is 0 Å². The van der Waals surface area contributed by atoms with Gasteiger partial charge in [0.05, 0.1) is 0 Å². The zero-order chi connectivity index (χ0) is 16.9. The quantitative estimate of drug-likeness (QED) is 0.338. The third-order valence-electron chi connectivity index (χ3n) is 5.34. The van der Waals surface area contributed by atoms with Crippen molar-refractivity contribution in [2.45, 2.75) is 25.1 Å². The molecule has 3 unspecified atom stereocenters. The van der Waals surface area contributed by atoms with Crippen LogP contribution in [0.2, 0.25) is 18.6 Å². The summed E-state index contributed by atoms with van der Waals surface area (Å²) in [6.07, 6.45) is 16.0. The molecule has 0 aromatic rings. The summed E-state index contributed by atoms with van der Waals surface area (Å²) in [4.78, 5) is 0. The van der Waals surface area contributed by atoms with Gasteiger partial charge in [-0.3, -0.25) is 6.67 Å². The molecule has 0 amide bonds. The Kier molecular flexibility index (Phi) is 9.88. The summed E-state index contributed by atoms with van der Waals surface area (Å²) in [5.74, 6) is 4.60. The van der Waals surface area contributed by atoms with E-state index in [0.29, 0.717) is 30.0 Å². The molecule has 24 heavy (non-hydrogen) atoms. The molecule has 1 heterocycles. The number of allylic oxidation sites excluding steroid dienone is 4. The summed E-state index contributed by atoms with van der Waals surface area (Å²) >= 11 is -0.556. The predicted octanol–water partition coefficient (Wildman–Crippen LogP) is 5.34. The van der Waals surface area contributed by atoms with Crippen molar-refractivity contribution in [3.8, 4) is 12.3 Å². The minimum absolute atomic E-state index is 0. The van der Waals surface area contributed by atoms with E-state index in [0.717, 1.165) is 19.8 Å². The van der Waals surface area contributed by atoms with Crippen LogP contribution in [0.15, 0.2) is 24.3 Å². The van der Waals surface area contributed by atoms with Gasteiger partial charge in [-0.25, -0.2) is 0 Å². The van der Waals surface area contributed by atoms with Crippen molar-refractivity contribution in [2.75, 3.05) is 20.0 Å². The Morgan fingerprint density at radius 3 is 2.25 bits per heavy atom. The maximum atomic E-state index is 5.78. The zero-order valence-electron chi connectivity index (χ0n) is 14.6. The van der Waals surface area contributed by atoms with Crippen molar-refractivity contribution in [1.82, 2.24) is 4.57 Å². The SMILES string of the molecule is C#C[C@H]1CC([Si](C)(C)N2C[N-]C[N-]C2)C2C=CC=CC21.[CH3-].[Cl][Ti+4][Cl]. The summed E-state index contributed by atoms with van der Waals surface area (Å²) in [5, 5.41) is 8.92. The van der Waals surface area contributed by atoms with Crippen molar-refractivity contribution in [2.24, 2.45) is 17.8 Å². The molecule has 1 saturated heterocycles. The van der Waals surface area contributed by atoms with Gasteiger partial charge in [0.2, 0.25) is 0 Å². The topological polar surface area (TPSA) is 31.4 Å². The van der Waals surface area contributed by atoms with Crippen LogP contribution in [-0.4, -0.2) is 32.8 Å². The second kappa shape index (κ2) is 10.5. The van der Waals surface area contributed by atoms with Crippen LogP contribution >= 0.6 is 18.6 Å². The molecule has 0 bridgehead atoms. The van der Waals surface area contributed by atoms with Crippen molar-refractivity contribution in [1.29, 1.82) is 0 Å². The Balaban J connectivity index is 0.000000671. The van der Waals surface area contributed by atoms with Crippen LogP contribution in [0.5, 0.6) is 0 Å². The van der Waals surface area contributed by atoms with E-state index in [4.69, 9.17) is 25.0 Å². The number of halogens is 2. The molecule has 1 aliphatic heterocycles. The Morgan fingerprint density at radius 2 is 1.71 bits per heavy atom. The average Bonchev–Trinajstić information content (AvgIpc) is 2.96. The van der Waals surface area contributed by atoms with E-state index in [9.17, 15) is 0 Å². The van der Waals surface area contributed by atoms with Gasteiger partial charge in [-0.2, -0.15) is 0 Å². The van der Waals surface area contributed by atoms with Gasteiger partial charge in [0.15, 0.2) is 0 Å². The fraction of sp³-hybridized carbons (Fsp3) is 0.588. The third-order valence-corrected chi connectivity index (χ3v) is 9.69. The molecule has 3 aliphatic rings. The van der Waals surface area contributed by atoms with E-state index in [1.807, 2.05) is 0 Å². The van der Waals surface area contributed by atoms with E-state index in [2.05, 4.69) is 58.5 Å². The molecule has 7 heteroatoms. The van der Waals surface area contributed by atoms with Crippen molar-refractivity contribution < 1.29 is 17.0 Å². The fourth-order valence-electron chi connectivity index (χ4n) is 4.02. The number of nitrogens with zero attached hydrogens (tertiary/aromatic N) is 3. The molecule has 0 radical (unpaired) electrons. The predicted molar refractivity (Wildman–Crippen MR) is 105 cm³/mol. The van der Waals surface area contributed by atoms with Gasteiger partial charge >= 0.3 is 35.6 Å². The van der Waals surface area contributed by atoms with Crippen LogP contribution in [0.25, 0.3) is 10.6 Å². The first-order valence-corrected chi connectivity index (χ1v) is 15.2. The molecule has 130 valence electrons. The van der Waals surface area contributed by atoms with Crippen LogP contribution < -0.4 is 0 Å². The second-order valence-corrected chi connectivity index (χ2v) is 13.9. The molecule has 2 fully saturated rings. The number of hydrogen-bond donors (Lipinski definition) is 0. The molecule has 4 atom stereocenters. The summed E-state index contributed by atoms with van der Waals surface area (Å²) in [6, 6.07) is 0. The maximum absolute atomic E-state index is 5.78. The Morgan fingerprint density at radius 1 is 1.17 bits per heavy atom. The molecule has 0 spiro atoms. The number of terminal acetylenes is 1.